The maximum atomic E-state index is 12.1. The Morgan fingerprint density at radius 2 is 1.95 bits per heavy atom. The van der Waals surface area contributed by atoms with Gasteiger partial charge in [-0.25, -0.2) is 0 Å². The first-order chi connectivity index (χ1) is 9.00. The molecule has 0 saturated heterocycles. The zero-order chi connectivity index (χ0) is 14.3. The molecule has 1 saturated carbocycles. The lowest BCUT2D eigenvalue weighted by Gasteiger charge is -2.33. The fourth-order valence-electron chi connectivity index (χ4n) is 2.74. The number of carbonyl (C=O) groups excluding carboxylic acids is 1. The summed E-state index contributed by atoms with van der Waals surface area (Å²) in [6.07, 6.45) is 6.73. The second-order valence-corrected chi connectivity index (χ2v) is 6.11. The molecule has 5 heteroatoms. The minimum absolute atomic E-state index is 0.0271. The quantitative estimate of drug-likeness (QED) is 0.580. The van der Waals surface area contributed by atoms with E-state index in [9.17, 15) is 4.79 Å². The Bertz CT molecular complexity index is 313. The normalized spacial score (nSPS) is 20.3. The largest absolute Gasteiger partial charge is 0.391 e. The van der Waals surface area contributed by atoms with Crippen LogP contribution in [0.3, 0.4) is 0 Å². The second kappa shape index (κ2) is 7.80. The molecule has 1 fully saturated rings. The van der Waals surface area contributed by atoms with E-state index in [0.717, 1.165) is 25.7 Å². The second-order valence-electron chi connectivity index (χ2n) is 5.67. The number of hydrogen-bond acceptors (Lipinski definition) is 3. The van der Waals surface area contributed by atoms with E-state index < -0.39 is 5.54 Å². The topological polar surface area (TPSA) is 64.3 Å². The van der Waals surface area contributed by atoms with Gasteiger partial charge in [-0.05, 0) is 18.8 Å². The molecule has 3 N–H and O–H groups in total. The summed E-state index contributed by atoms with van der Waals surface area (Å²) >= 11 is 5.21. The molecule has 1 amide bonds. The third kappa shape index (κ3) is 5.07. The standard InChI is InChI=1S/C14H26N2O2S/c1-11(10-18-2)9-12(17)16-14(13(15)19)7-5-3-4-6-8-14/h11H,3-10H2,1-2H3,(H2,15,19)(H,16,17). The first kappa shape index (κ1) is 16.4. The van der Waals surface area contributed by atoms with Crippen LogP contribution in [0.15, 0.2) is 0 Å². The molecule has 0 aromatic carbocycles. The van der Waals surface area contributed by atoms with Gasteiger partial charge >= 0.3 is 0 Å². The number of hydrogen-bond donors (Lipinski definition) is 2. The highest BCUT2D eigenvalue weighted by atomic mass is 32.1. The molecule has 110 valence electrons. The number of nitrogens with one attached hydrogen (secondary N) is 1. The van der Waals surface area contributed by atoms with Crippen LogP contribution in [0.1, 0.15) is 51.9 Å². The van der Waals surface area contributed by atoms with Crippen LogP contribution in [0.25, 0.3) is 0 Å². The summed E-state index contributed by atoms with van der Waals surface area (Å²) in [5.41, 5.74) is 5.44. The Morgan fingerprint density at radius 1 is 1.37 bits per heavy atom. The van der Waals surface area contributed by atoms with E-state index in [2.05, 4.69) is 5.32 Å². The van der Waals surface area contributed by atoms with E-state index >= 15 is 0 Å². The summed E-state index contributed by atoms with van der Waals surface area (Å²) in [7, 11) is 1.65. The zero-order valence-electron chi connectivity index (χ0n) is 12.0. The maximum absolute atomic E-state index is 12.1. The first-order valence-electron chi connectivity index (χ1n) is 7.10. The fraction of sp³-hybridized carbons (Fsp3) is 0.857. The van der Waals surface area contributed by atoms with E-state index in [4.69, 9.17) is 22.7 Å². The summed E-state index contributed by atoms with van der Waals surface area (Å²) in [6, 6.07) is 0. The van der Waals surface area contributed by atoms with Gasteiger partial charge in [-0.2, -0.15) is 0 Å². The van der Waals surface area contributed by atoms with Gasteiger partial charge in [-0.3, -0.25) is 4.79 Å². The Kier molecular flexibility index (Phi) is 6.72. The van der Waals surface area contributed by atoms with Gasteiger partial charge in [0, 0.05) is 20.1 Å². The number of amides is 1. The molecule has 4 nitrogen and oxygen atoms in total. The minimum Gasteiger partial charge on any atom is -0.391 e. The SMILES string of the molecule is COCC(C)CC(=O)NC1(C(N)=S)CCCCCC1. The maximum Gasteiger partial charge on any atom is 0.221 e. The van der Waals surface area contributed by atoms with Gasteiger partial charge in [0.1, 0.15) is 0 Å². The highest BCUT2D eigenvalue weighted by Crippen LogP contribution is 2.27. The first-order valence-corrected chi connectivity index (χ1v) is 7.51. The van der Waals surface area contributed by atoms with Crippen LogP contribution in [-0.2, 0) is 9.53 Å². The molecule has 0 radical (unpaired) electrons. The third-order valence-corrected chi connectivity index (χ3v) is 4.18. The Labute approximate surface area is 121 Å². The van der Waals surface area contributed by atoms with Crippen molar-refractivity contribution in [1.29, 1.82) is 0 Å². The van der Waals surface area contributed by atoms with Crippen molar-refractivity contribution < 1.29 is 9.53 Å². The van der Waals surface area contributed by atoms with Crippen molar-refractivity contribution >= 4 is 23.1 Å². The average molecular weight is 286 g/mol. The highest BCUT2D eigenvalue weighted by Gasteiger charge is 2.35. The van der Waals surface area contributed by atoms with Crippen LogP contribution in [0.2, 0.25) is 0 Å². The summed E-state index contributed by atoms with van der Waals surface area (Å²) in [5, 5.41) is 3.10. The molecule has 0 aliphatic heterocycles. The summed E-state index contributed by atoms with van der Waals surface area (Å²) < 4.78 is 5.06. The number of ether oxygens (including phenoxy) is 1. The number of carbonyl (C=O) groups is 1. The molecular weight excluding hydrogens is 260 g/mol. The Hall–Kier alpha value is -0.680. The van der Waals surface area contributed by atoms with Crippen molar-refractivity contribution in [3.8, 4) is 0 Å². The molecule has 0 heterocycles. The lowest BCUT2D eigenvalue weighted by molar-refractivity contribution is -0.123. The fourth-order valence-corrected chi connectivity index (χ4v) is 3.00. The molecule has 19 heavy (non-hydrogen) atoms. The lowest BCUT2D eigenvalue weighted by atomic mass is 9.89. The minimum atomic E-state index is -0.463. The van der Waals surface area contributed by atoms with Crippen LogP contribution in [0.5, 0.6) is 0 Å². The van der Waals surface area contributed by atoms with Crippen LogP contribution in [0.4, 0.5) is 0 Å². The van der Waals surface area contributed by atoms with Crippen LogP contribution in [0, 0.1) is 5.92 Å². The number of thiocarbonyl (C=S) groups is 1. The average Bonchev–Trinajstić information content (AvgIpc) is 2.55. The number of nitrogens with two attached hydrogens (primary N) is 1. The lowest BCUT2D eigenvalue weighted by Crippen LogP contribution is -2.56. The molecule has 0 spiro atoms. The van der Waals surface area contributed by atoms with Crippen LogP contribution in [-0.4, -0.2) is 30.2 Å². The highest BCUT2D eigenvalue weighted by molar-refractivity contribution is 7.80. The monoisotopic (exact) mass is 286 g/mol. The van der Waals surface area contributed by atoms with E-state index in [0.29, 0.717) is 18.0 Å². The van der Waals surface area contributed by atoms with E-state index in [1.54, 1.807) is 7.11 Å². The third-order valence-electron chi connectivity index (χ3n) is 3.79. The molecule has 0 bridgehead atoms. The van der Waals surface area contributed by atoms with Gasteiger partial charge in [-0.1, -0.05) is 44.8 Å². The van der Waals surface area contributed by atoms with Crippen molar-refractivity contribution in [2.45, 2.75) is 57.4 Å². The van der Waals surface area contributed by atoms with Gasteiger partial charge in [-0.15, -0.1) is 0 Å². The Morgan fingerprint density at radius 3 is 2.42 bits per heavy atom. The van der Waals surface area contributed by atoms with Crippen molar-refractivity contribution in [2.75, 3.05) is 13.7 Å². The summed E-state index contributed by atoms with van der Waals surface area (Å²) in [4.78, 5) is 12.6. The van der Waals surface area contributed by atoms with Gasteiger partial charge in [0.25, 0.3) is 0 Å². The van der Waals surface area contributed by atoms with Gasteiger partial charge in [0.15, 0.2) is 0 Å². The number of methoxy groups -OCH3 is 1. The molecule has 1 atom stereocenters. The molecule has 0 aromatic rings. The zero-order valence-corrected chi connectivity index (χ0v) is 12.9. The van der Waals surface area contributed by atoms with E-state index in [1.165, 1.54) is 12.8 Å². The van der Waals surface area contributed by atoms with E-state index in [-0.39, 0.29) is 11.8 Å². The van der Waals surface area contributed by atoms with Gasteiger partial charge in [0.05, 0.1) is 10.5 Å². The van der Waals surface area contributed by atoms with Crippen LogP contribution < -0.4 is 11.1 Å². The number of rotatable bonds is 6. The van der Waals surface area contributed by atoms with Crippen molar-refractivity contribution in [2.24, 2.45) is 11.7 Å². The van der Waals surface area contributed by atoms with Crippen LogP contribution >= 0.6 is 12.2 Å². The summed E-state index contributed by atoms with van der Waals surface area (Å²) in [5.74, 6) is 0.235. The molecule has 1 rings (SSSR count). The predicted octanol–water partition coefficient (Wildman–Crippen LogP) is 2.15. The van der Waals surface area contributed by atoms with Crippen molar-refractivity contribution in [3.63, 3.8) is 0 Å². The van der Waals surface area contributed by atoms with Gasteiger partial charge in [0.2, 0.25) is 5.91 Å². The van der Waals surface area contributed by atoms with Gasteiger partial charge < -0.3 is 15.8 Å². The van der Waals surface area contributed by atoms with Crippen molar-refractivity contribution in [3.05, 3.63) is 0 Å². The smallest absolute Gasteiger partial charge is 0.221 e. The predicted molar refractivity (Wildman–Crippen MR) is 81.0 cm³/mol. The molecule has 0 aromatic heterocycles. The Balaban J connectivity index is 2.62. The summed E-state index contributed by atoms with van der Waals surface area (Å²) in [6.45, 7) is 2.59. The molecule has 1 aliphatic carbocycles. The van der Waals surface area contributed by atoms with E-state index in [1.807, 2.05) is 6.92 Å². The van der Waals surface area contributed by atoms with Crippen molar-refractivity contribution in [1.82, 2.24) is 5.32 Å². The molecule has 1 aliphatic rings. The molecule has 1 unspecified atom stereocenters. The molecular formula is C14H26N2O2S.